The van der Waals surface area contributed by atoms with Crippen molar-refractivity contribution in [2.24, 2.45) is 0 Å². The average Bonchev–Trinajstić information content (AvgIpc) is 2.83. The van der Waals surface area contributed by atoms with Crippen molar-refractivity contribution in [2.75, 3.05) is 24.0 Å². The van der Waals surface area contributed by atoms with Crippen LogP contribution in [0.2, 0.25) is 0 Å². The second-order valence-electron chi connectivity index (χ2n) is 8.42. The number of amides is 1. The number of anilines is 1. The number of carbonyl (C=O) groups excluding carboxylic acids is 1. The Bertz CT molecular complexity index is 1290. The van der Waals surface area contributed by atoms with Crippen molar-refractivity contribution in [3.63, 3.8) is 0 Å². The van der Waals surface area contributed by atoms with E-state index in [1.54, 1.807) is 36.4 Å². The van der Waals surface area contributed by atoms with Crippen LogP contribution in [-0.2, 0) is 14.8 Å². The van der Waals surface area contributed by atoms with Crippen molar-refractivity contribution in [1.82, 2.24) is 5.32 Å². The van der Waals surface area contributed by atoms with E-state index in [-0.39, 0.29) is 24.1 Å². The molecule has 0 fully saturated rings. The molecular weight excluding hydrogens is 452 g/mol. The van der Waals surface area contributed by atoms with E-state index in [0.717, 1.165) is 16.7 Å². The van der Waals surface area contributed by atoms with Crippen LogP contribution in [0.5, 0.6) is 11.5 Å². The van der Waals surface area contributed by atoms with Gasteiger partial charge in [-0.15, -0.1) is 0 Å². The number of carbonyl (C=O) groups is 1. The van der Waals surface area contributed by atoms with Gasteiger partial charge in [0.2, 0.25) is 5.91 Å². The van der Waals surface area contributed by atoms with E-state index >= 15 is 0 Å². The largest absolute Gasteiger partial charge is 0.486 e. The van der Waals surface area contributed by atoms with Gasteiger partial charge in [0.15, 0.2) is 11.5 Å². The van der Waals surface area contributed by atoms with E-state index in [4.69, 9.17) is 9.47 Å². The molecule has 178 valence electrons. The molecule has 1 unspecified atom stereocenters. The first-order valence-corrected chi connectivity index (χ1v) is 12.5. The summed E-state index contributed by atoms with van der Waals surface area (Å²) in [4.78, 5) is 13.1. The van der Waals surface area contributed by atoms with Crippen molar-refractivity contribution in [3.05, 3.63) is 83.4 Å². The molecule has 0 spiro atoms. The van der Waals surface area contributed by atoms with Gasteiger partial charge >= 0.3 is 0 Å². The van der Waals surface area contributed by atoms with Crippen LogP contribution < -0.4 is 19.1 Å². The lowest BCUT2D eigenvalue weighted by Crippen LogP contribution is -2.45. The fourth-order valence-corrected chi connectivity index (χ4v) is 5.18. The summed E-state index contributed by atoms with van der Waals surface area (Å²) in [6.07, 6.45) is -0.373. The first-order valence-electron chi connectivity index (χ1n) is 11.1. The normalized spacial score (nSPS) is 15.0. The van der Waals surface area contributed by atoms with Crippen molar-refractivity contribution < 1.29 is 22.7 Å². The molecule has 1 heterocycles. The number of nitrogens with zero attached hydrogens (tertiary/aromatic N) is 1. The van der Waals surface area contributed by atoms with Crippen LogP contribution in [0.4, 0.5) is 5.69 Å². The number of sulfonamides is 1. The Labute approximate surface area is 200 Å². The van der Waals surface area contributed by atoms with E-state index in [0.29, 0.717) is 23.8 Å². The minimum atomic E-state index is -3.97. The number of benzene rings is 3. The highest BCUT2D eigenvalue weighted by Crippen LogP contribution is 2.31. The molecule has 1 aliphatic rings. The maximum atomic E-state index is 13.6. The molecule has 0 radical (unpaired) electrons. The van der Waals surface area contributed by atoms with Crippen LogP contribution in [0.3, 0.4) is 0 Å². The number of nitrogens with one attached hydrogen (secondary N) is 1. The van der Waals surface area contributed by atoms with Crippen LogP contribution in [0.25, 0.3) is 0 Å². The molecule has 7 nitrogen and oxygen atoms in total. The van der Waals surface area contributed by atoms with Crippen LogP contribution in [0.15, 0.2) is 71.6 Å². The molecule has 0 saturated heterocycles. The molecule has 0 aromatic heterocycles. The van der Waals surface area contributed by atoms with E-state index < -0.39 is 15.9 Å². The van der Waals surface area contributed by atoms with E-state index in [2.05, 4.69) is 5.32 Å². The minimum Gasteiger partial charge on any atom is -0.486 e. The number of hydrogen-bond donors (Lipinski definition) is 1. The predicted molar refractivity (Wildman–Crippen MR) is 131 cm³/mol. The van der Waals surface area contributed by atoms with Crippen molar-refractivity contribution in [2.45, 2.75) is 31.8 Å². The summed E-state index contributed by atoms with van der Waals surface area (Å²) >= 11 is 0. The Morgan fingerprint density at radius 3 is 2.38 bits per heavy atom. The summed E-state index contributed by atoms with van der Waals surface area (Å²) < 4.78 is 39.9. The lowest BCUT2D eigenvalue weighted by molar-refractivity contribution is -0.120. The maximum Gasteiger partial charge on any atom is 0.264 e. The van der Waals surface area contributed by atoms with Crippen LogP contribution in [0, 0.1) is 20.8 Å². The third-order valence-corrected chi connectivity index (χ3v) is 7.40. The minimum absolute atomic E-state index is 0.132. The number of ether oxygens (including phenoxy) is 2. The van der Waals surface area contributed by atoms with E-state index in [1.807, 2.05) is 51.1 Å². The SMILES string of the molecule is Cc1ccc(S(=O)(=O)N(CC(=O)NCC2COc3ccccc3O2)c2cc(C)ccc2C)cc1. The van der Waals surface area contributed by atoms with Gasteiger partial charge in [0, 0.05) is 0 Å². The Hall–Kier alpha value is -3.52. The van der Waals surface area contributed by atoms with Gasteiger partial charge in [-0.05, 0) is 62.2 Å². The van der Waals surface area contributed by atoms with Crippen LogP contribution >= 0.6 is 0 Å². The maximum absolute atomic E-state index is 13.6. The average molecular weight is 481 g/mol. The third kappa shape index (κ3) is 5.17. The standard InChI is InChI=1S/C26H28N2O5S/c1-18-9-12-22(13-10-18)34(30,31)28(23-14-19(2)8-11-20(23)3)16-26(29)27-15-21-17-32-24-6-4-5-7-25(24)33-21/h4-14,21H,15-17H2,1-3H3,(H,27,29). The number of aryl methyl sites for hydroxylation is 3. The Morgan fingerprint density at radius 2 is 1.65 bits per heavy atom. The number of para-hydroxylation sites is 2. The second kappa shape index (κ2) is 9.77. The molecule has 0 aliphatic carbocycles. The van der Waals surface area contributed by atoms with Crippen molar-refractivity contribution >= 4 is 21.6 Å². The molecule has 1 aliphatic heterocycles. The highest BCUT2D eigenvalue weighted by atomic mass is 32.2. The Balaban J connectivity index is 1.53. The van der Waals surface area contributed by atoms with Gasteiger partial charge < -0.3 is 14.8 Å². The first kappa shape index (κ1) is 23.6. The fourth-order valence-electron chi connectivity index (χ4n) is 3.70. The molecule has 3 aromatic carbocycles. The molecule has 8 heteroatoms. The van der Waals surface area contributed by atoms with E-state index in [1.165, 1.54) is 4.31 Å². The molecular formula is C26H28N2O5S. The number of rotatable bonds is 7. The number of fused-ring (bicyclic) bond motifs is 1. The zero-order valence-electron chi connectivity index (χ0n) is 19.4. The molecule has 0 saturated carbocycles. The lowest BCUT2D eigenvalue weighted by atomic mass is 10.1. The fraction of sp³-hybridized carbons (Fsp3) is 0.269. The Morgan fingerprint density at radius 1 is 0.971 bits per heavy atom. The summed E-state index contributed by atoms with van der Waals surface area (Å²) in [6, 6.07) is 19.5. The second-order valence-corrected chi connectivity index (χ2v) is 10.3. The Kier molecular flexibility index (Phi) is 6.79. The summed E-state index contributed by atoms with van der Waals surface area (Å²) in [6.45, 7) is 5.73. The van der Waals surface area contributed by atoms with Crippen molar-refractivity contribution in [3.8, 4) is 11.5 Å². The zero-order valence-corrected chi connectivity index (χ0v) is 20.3. The molecule has 0 bridgehead atoms. The van der Waals surface area contributed by atoms with Crippen molar-refractivity contribution in [1.29, 1.82) is 0 Å². The predicted octanol–water partition coefficient (Wildman–Crippen LogP) is 3.76. The van der Waals surface area contributed by atoms with E-state index in [9.17, 15) is 13.2 Å². The lowest BCUT2D eigenvalue weighted by Gasteiger charge is -2.28. The van der Waals surface area contributed by atoms with Gasteiger partial charge in [0.25, 0.3) is 10.0 Å². The summed E-state index contributed by atoms with van der Waals surface area (Å²) in [5, 5.41) is 2.80. The molecule has 34 heavy (non-hydrogen) atoms. The summed E-state index contributed by atoms with van der Waals surface area (Å²) in [5.41, 5.74) is 3.08. The van der Waals surface area contributed by atoms with Gasteiger partial charge in [-0.3, -0.25) is 9.10 Å². The monoisotopic (exact) mass is 480 g/mol. The van der Waals surface area contributed by atoms with Crippen LogP contribution in [0.1, 0.15) is 16.7 Å². The highest BCUT2D eigenvalue weighted by molar-refractivity contribution is 7.92. The summed E-state index contributed by atoms with van der Waals surface area (Å²) in [7, 11) is -3.97. The third-order valence-electron chi connectivity index (χ3n) is 5.62. The molecule has 1 atom stereocenters. The number of hydrogen-bond acceptors (Lipinski definition) is 5. The van der Waals surface area contributed by atoms with Gasteiger partial charge in [0.1, 0.15) is 19.3 Å². The topological polar surface area (TPSA) is 84.9 Å². The molecule has 4 rings (SSSR count). The first-order chi connectivity index (χ1) is 16.2. The summed E-state index contributed by atoms with van der Waals surface area (Å²) in [5.74, 6) is 0.848. The van der Waals surface area contributed by atoms with Crippen LogP contribution in [-0.4, -0.2) is 40.1 Å². The highest BCUT2D eigenvalue weighted by Gasteiger charge is 2.29. The smallest absolute Gasteiger partial charge is 0.264 e. The van der Waals surface area contributed by atoms with Gasteiger partial charge in [-0.25, -0.2) is 8.42 Å². The molecule has 3 aromatic rings. The van der Waals surface area contributed by atoms with Gasteiger partial charge in [-0.1, -0.05) is 42.0 Å². The quantitative estimate of drug-likeness (QED) is 0.557. The zero-order chi connectivity index (χ0) is 24.3. The molecule has 1 amide bonds. The van der Waals surface area contributed by atoms with Gasteiger partial charge in [-0.2, -0.15) is 0 Å². The molecule has 1 N–H and O–H groups in total. The van der Waals surface area contributed by atoms with Gasteiger partial charge in [0.05, 0.1) is 17.1 Å².